The Kier molecular flexibility index (Phi) is 4.24. The fraction of sp³-hybridized carbons (Fsp3) is 0.300. The van der Waals surface area contributed by atoms with E-state index in [-0.39, 0.29) is 0 Å². The number of para-hydroxylation sites is 1. The van der Waals surface area contributed by atoms with Crippen LogP contribution in [0.1, 0.15) is 12.1 Å². The Labute approximate surface area is 152 Å². The van der Waals surface area contributed by atoms with Gasteiger partial charge in [0, 0.05) is 44.6 Å². The van der Waals surface area contributed by atoms with Gasteiger partial charge in [0.15, 0.2) is 0 Å². The maximum Gasteiger partial charge on any atom is 0.228 e. The van der Waals surface area contributed by atoms with Crippen LogP contribution < -0.4 is 10.2 Å². The van der Waals surface area contributed by atoms with Crippen LogP contribution in [0.3, 0.4) is 0 Å². The number of aryl methyl sites for hydroxylation is 2. The Morgan fingerprint density at radius 1 is 1.15 bits per heavy atom. The van der Waals surface area contributed by atoms with Crippen molar-refractivity contribution in [2.24, 2.45) is 0 Å². The molecule has 0 unspecified atom stereocenters. The summed E-state index contributed by atoms with van der Waals surface area (Å²) < 4.78 is 2.30. The highest BCUT2D eigenvalue weighted by Gasteiger charge is 2.11. The Morgan fingerprint density at radius 2 is 2.00 bits per heavy atom. The van der Waals surface area contributed by atoms with Crippen LogP contribution in [0.25, 0.3) is 21.9 Å². The first kappa shape index (κ1) is 16.4. The molecule has 4 rings (SSSR count). The fourth-order valence-corrected chi connectivity index (χ4v) is 3.26. The second kappa shape index (κ2) is 6.71. The number of H-pyrrole nitrogens is 1. The van der Waals surface area contributed by atoms with E-state index in [1.165, 1.54) is 10.9 Å². The first-order chi connectivity index (χ1) is 12.6. The molecule has 0 atom stereocenters. The molecule has 6 heteroatoms. The summed E-state index contributed by atoms with van der Waals surface area (Å²) in [5.41, 5.74) is 3.25. The Bertz CT molecular complexity index is 1040. The summed E-state index contributed by atoms with van der Waals surface area (Å²) in [5, 5.41) is 5.83. The Hall–Kier alpha value is -3.02. The smallest absolute Gasteiger partial charge is 0.228 e. The molecule has 0 spiro atoms. The van der Waals surface area contributed by atoms with Crippen LogP contribution in [0, 0.1) is 6.92 Å². The maximum atomic E-state index is 4.68. The molecule has 0 bridgehead atoms. The molecular weight excluding hydrogens is 324 g/mol. The van der Waals surface area contributed by atoms with Crippen molar-refractivity contribution in [1.29, 1.82) is 0 Å². The molecule has 0 fully saturated rings. The fourth-order valence-electron chi connectivity index (χ4n) is 3.26. The lowest BCUT2D eigenvalue weighted by atomic mass is 10.2. The van der Waals surface area contributed by atoms with Gasteiger partial charge < -0.3 is 19.8 Å². The summed E-state index contributed by atoms with van der Waals surface area (Å²) in [4.78, 5) is 14.5. The molecule has 2 N–H and O–H groups in total. The minimum absolute atomic E-state index is 0.707. The van der Waals surface area contributed by atoms with Gasteiger partial charge in [-0.1, -0.05) is 18.2 Å². The minimum atomic E-state index is 0.707. The zero-order valence-corrected chi connectivity index (χ0v) is 15.5. The molecule has 6 nitrogen and oxygen atoms in total. The number of nitrogens with one attached hydrogen (secondary N) is 2. The summed E-state index contributed by atoms with van der Waals surface area (Å²) in [6.45, 7) is 3.87. The van der Waals surface area contributed by atoms with Crippen LogP contribution in [0.4, 0.5) is 11.8 Å². The number of aromatic nitrogens is 4. The van der Waals surface area contributed by atoms with Crippen molar-refractivity contribution in [2.45, 2.75) is 19.9 Å². The lowest BCUT2D eigenvalue weighted by Gasteiger charge is -2.13. The molecular formula is C20H24N6. The van der Waals surface area contributed by atoms with Gasteiger partial charge in [0.05, 0.1) is 5.39 Å². The summed E-state index contributed by atoms with van der Waals surface area (Å²) >= 11 is 0. The molecule has 1 aromatic carbocycles. The van der Waals surface area contributed by atoms with Crippen molar-refractivity contribution in [3.8, 4) is 0 Å². The third-order valence-corrected chi connectivity index (χ3v) is 4.56. The lowest BCUT2D eigenvalue weighted by molar-refractivity contribution is 0.682. The van der Waals surface area contributed by atoms with Gasteiger partial charge in [-0.05, 0) is 36.9 Å². The predicted octanol–water partition coefficient (Wildman–Crippen LogP) is 3.79. The van der Waals surface area contributed by atoms with Crippen LogP contribution in [0.2, 0.25) is 0 Å². The monoisotopic (exact) mass is 348 g/mol. The van der Waals surface area contributed by atoms with Crippen molar-refractivity contribution >= 4 is 33.7 Å². The maximum absolute atomic E-state index is 4.68. The topological polar surface area (TPSA) is 61.8 Å². The quantitative estimate of drug-likeness (QED) is 0.521. The van der Waals surface area contributed by atoms with Gasteiger partial charge >= 0.3 is 0 Å². The van der Waals surface area contributed by atoms with Crippen molar-refractivity contribution in [3.63, 3.8) is 0 Å². The summed E-state index contributed by atoms with van der Waals surface area (Å²) in [5.74, 6) is 1.60. The largest absolute Gasteiger partial charge is 0.369 e. The normalized spacial score (nSPS) is 11.3. The first-order valence-electron chi connectivity index (χ1n) is 8.94. The van der Waals surface area contributed by atoms with Gasteiger partial charge in [-0.15, -0.1) is 0 Å². The zero-order chi connectivity index (χ0) is 18.1. The number of hydrogen-bond donors (Lipinski definition) is 2. The highest BCUT2D eigenvalue weighted by Crippen LogP contribution is 2.23. The van der Waals surface area contributed by atoms with E-state index < -0.39 is 0 Å². The highest BCUT2D eigenvalue weighted by molar-refractivity contribution is 5.89. The molecule has 0 amide bonds. The lowest BCUT2D eigenvalue weighted by Crippen LogP contribution is -2.15. The van der Waals surface area contributed by atoms with Crippen molar-refractivity contribution in [1.82, 2.24) is 19.5 Å². The Balaban J connectivity index is 1.47. The predicted molar refractivity (Wildman–Crippen MR) is 108 cm³/mol. The number of aromatic amines is 1. The zero-order valence-electron chi connectivity index (χ0n) is 15.5. The number of nitrogens with zero attached hydrogens (tertiary/aromatic N) is 4. The van der Waals surface area contributed by atoms with Crippen LogP contribution in [0.15, 0.2) is 42.6 Å². The highest BCUT2D eigenvalue weighted by atomic mass is 15.2. The summed E-state index contributed by atoms with van der Waals surface area (Å²) in [7, 11) is 3.91. The van der Waals surface area contributed by atoms with Crippen molar-refractivity contribution in [2.75, 3.05) is 30.9 Å². The van der Waals surface area contributed by atoms with E-state index in [1.54, 1.807) is 0 Å². The third-order valence-electron chi connectivity index (χ3n) is 4.56. The molecule has 3 heterocycles. The van der Waals surface area contributed by atoms with Gasteiger partial charge in [-0.2, -0.15) is 9.97 Å². The molecule has 0 aliphatic heterocycles. The molecule has 134 valence electrons. The van der Waals surface area contributed by atoms with E-state index in [0.717, 1.165) is 42.1 Å². The average molecular weight is 348 g/mol. The van der Waals surface area contributed by atoms with Crippen LogP contribution in [0.5, 0.6) is 0 Å². The van der Waals surface area contributed by atoms with Crippen LogP contribution >= 0.6 is 0 Å². The van der Waals surface area contributed by atoms with Crippen LogP contribution in [-0.4, -0.2) is 40.2 Å². The average Bonchev–Trinajstić information content (AvgIpc) is 3.21. The van der Waals surface area contributed by atoms with Gasteiger partial charge in [0.1, 0.15) is 11.5 Å². The van der Waals surface area contributed by atoms with Crippen molar-refractivity contribution in [3.05, 3.63) is 48.3 Å². The van der Waals surface area contributed by atoms with E-state index in [9.17, 15) is 0 Å². The molecule has 0 aliphatic rings. The first-order valence-corrected chi connectivity index (χ1v) is 8.94. The van der Waals surface area contributed by atoms with Gasteiger partial charge in [-0.3, -0.25) is 0 Å². The van der Waals surface area contributed by atoms with E-state index >= 15 is 0 Å². The van der Waals surface area contributed by atoms with Gasteiger partial charge in [0.25, 0.3) is 0 Å². The molecule has 26 heavy (non-hydrogen) atoms. The number of benzene rings is 1. The molecule has 0 saturated heterocycles. The molecule has 0 saturated carbocycles. The van der Waals surface area contributed by atoms with E-state index in [0.29, 0.717) is 5.95 Å². The number of hydrogen-bond acceptors (Lipinski definition) is 4. The number of fused-ring (bicyclic) bond motifs is 2. The third kappa shape index (κ3) is 3.10. The summed E-state index contributed by atoms with van der Waals surface area (Å²) in [6.07, 6.45) is 3.18. The second-order valence-electron chi connectivity index (χ2n) is 6.83. The molecule has 4 aromatic rings. The number of rotatable bonds is 6. The van der Waals surface area contributed by atoms with Gasteiger partial charge in [-0.25, -0.2) is 0 Å². The van der Waals surface area contributed by atoms with Gasteiger partial charge in [0.2, 0.25) is 5.95 Å². The Morgan fingerprint density at radius 3 is 2.85 bits per heavy atom. The van der Waals surface area contributed by atoms with E-state index in [1.807, 2.05) is 25.9 Å². The van der Waals surface area contributed by atoms with E-state index in [4.69, 9.17) is 0 Å². The summed E-state index contributed by atoms with van der Waals surface area (Å²) in [6, 6.07) is 12.8. The van der Waals surface area contributed by atoms with Crippen LogP contribution in [-0.2, 0) is 6.54 Å². The van der Waals surface area contributed by atoms with Crippen molar-refractivity contribution < 1.29 is 0 Å². The van der Waals surface area contributed by atoms with E-state index in [2.05, 4.69) is 67.4 Å². The standard InChI is InChI=1S/C20H24N6/c1-14-13-16-18(23-20(25(2)3)24-19(16)22-14)21-10-6-11-26-12-9-15-7-4-5-8-17(15)26/h4-5,7-9,12-13H,6,10-11H2,1-3H3,(H2,21,22,23,24). The molecule has 3 aromatic heterocycles. The second-order valence-corrected chi connectivity index (χ2v) is 6.83. The molecule has 0 radical (unpaired) electrons. The minimum Gasteiger partial charge on any atom is -0.369 e. The SMILES string of the molecule is Cc1cc2c(NCCCn3ccc4ccccc43)nc(N(C)C)nc2[nH]1. The molecule has 0 aliphatic carbocycles. The number of anilines is 2.